The third-order valence-corrected chi connectivity index (χ3v) is 2.60. The molecule has 0 aromatic heterocycles. The topological polar surface area (TPSA) is 46.5 Å². The fourth-order valence-corrected chi connectivity index (χ4v) is 1.94. The molecule has 1 rings (SSSR count). The van der Waals surface area contributed by atoms with Gasteiger partial charge in [0.2, 0.25) is 0 Å². The first kappa shape index (κ1) is 9.52. The van der Waals surface area contributed by atoms with Crippen LogP contribution in [-0.2, 0) is 9.53 Å². The molecule has 1 aliphatic carbocycles. The molecule has 0 aromatic carbocycles. The van der Waals surface area contributed by atoms with Gasteiger partial charge in [-0.1, -0.05) is 12.8 Å². The van der Waals surface area contributed by atoms with E-state index in [2.05, 4.69) is 0 Å². The molecule has 3 heteroatoms. The number of aliphatic carboxylic acids is 1. The van der Waals surface area contributed by atoms with E-state index in [1.807, 2.05) is 0 Å². The Labute approximate surface area is 72.7 Å². The molecule has 1 aliphatic rings. The van der Waals surface area contributed by atoms with Crippen LogP contribution < -0.4 is 0 Å². The lowest BCUT2D eigenvalue weighted by Gasteiger charge is -2.19. The highest BCUT2D eigenvalue weighted by Gasteiger charge is 2.26. The van der Waals surface area contributed by atoms with Crippen molar-refractivity contribution in [3.8, 4) is 0 Å². The van der Waals surface area contributed by atoms with E-state index in [0.29, 0.717) is 5.92 Å². The molecule has 1 saturated carbocycles. The lowest BCUT2D eigenvalue weighted by atomic mass is 9.98. The zero-order chi connectivity index (χ0) is 8.97. The minimum Gasteiger partial charge on any atom is -0.481 e. The number of carbonyl (C=O) groups is 1. The summed E-state index contributed by atoms with van der Waals surface area (Å²) in [4.78, 5) is 10.4. The molecule has 0 bridgehead atoms. The summed E-state index contributed by atoms with van der Waals surface area (Å²) in [5.74, 6) is -0.278. The Morgan fingerprint density at radius 1 is 1.58 bits per heavy atom. The molecular formula is C9H16O3. The molecule has 0 amide bonds. The van der Waals surface area contributed by atoms with E-state index >= 15 is 0 Å². The first-order valence-electron chi connectivity index (χ1n) is 4.48. The summed E-state index contributed by atoms with van der Waals surface area (Å²) in [6.07, 6.45) is 4.80. The van der Waals surface area contributed by atoms with Gasteiger partial charge in [-0.3, -0.25) is 4.79 Å². The second-order valence-corrected chi connectivity index (χ2v) is 3.42. The van der Waals surface area contributed by atoms with Crippen molar-refractivity contribution in [2.75, 3.05) is 7.11 Å². The third kappa shape index (κ3) is 2.48. The SMILES string of the molecule is COC(CC(=O)O)C1CCCC1. The van der Waals surface area contributed by atoms with Crippen LogP contribution in [0.15, 0.2) is 0 Å². The number of hydrogen-bond acceptors (Lipinski definition) is 2. The van der Waals surface area contributed by atoms with Crippen molar-refractivity contribution in [1.82, 2.24) is 0 Å². The van der Waals surface area contributed by atoms with Crippen LogP contribution in [0.4, 0.5) is 0 Å². The van der Waals surface area contributed by atoms with Gasteiger partial charge in [-0.05, 0) is 18.8 Å². The quantitative estimate of drug-likeness (QED) is 0.701. The molecule has 12 heavy (non-hydrogen) atoms. The van der Waals surface area contributed by atoms with Gasteiger partial charge in [-0.15, -0.1) is 0 Å². The number of carboxylic acids is 1. The van der Waals surface area contributed by atoms with Gasteiger partial charge < -0.3 is 9.84 Å². The maximum Gasteiger partial charge on any atom is 0.305 e. The van der Waals surface area contributed by atoms with E-state index in [1.54, 1.807) is 7.11 Å². The molecule has 0 saturated heterocycles. The van der Waals surface area contributed by atoms with Gasteiger partial charge in [0.05, 0.1) is 12.5 Å². The first-order valence-corrected chi connectivity index (χ1v) is 4.48. The van der Waals surface area contributed by atoms with Crippen LogP contribution in [0, 0.1) is 5.92 Å². The molecule has 3 nitrogen and oxygen atoms in total. The lowest BCUT2D eigenvalue weighted by molar-refractivity contribution is -0.140. The Morgan fingerprint density at radius 2 is 2.17 bits per heavy atom. The van der Waals surface area contributed by atoms with Crippen molar-refractivity contribution in [3.05, 3.63) is 0 Å². The number of hydrogen-bond donors (Lipinski definition) is 1. The molecule has 0 aromatic rings. The van der Waals surface area contributed by atoms with E-state index in [1.165, 1.54) is 12.8 Å². The number of methoxy groups -OCH3 is 1. The van der Waals surface area contributed by atoms with Crippen molar-refractivity contribution >= 4 is 5.97 Å². The molecule has 70 valence electrons. The molecular weight excluding hydrogens is 156 g/mol. The van der Waals surface area contributed by atoms with Gasteiger partial charge in [0, 0.05) is 7.11 Å². The lowest BCUT2D eigenvalue weighted by Crippen LogP contribution is -2.23. The molecule has 0 spiro atoms. The Bertz CT molecular complexity index is 150. The summed E-state index contributed by atoms with van der Waals surface area (Å²) in [5, 5.41) is 8.60. The van der Waals surface area contributed by atoms with Gasteiger partial charge >= 0.3 is 5.97 Å². The van der Waals surface area contributed by atoms with Crippen LogP contribution >= 0.6 is 0 Å². The van der Waals surface area contributed by atoms with Crippen LogP contribution in [0.25, 0.3) is 0 Å². The maximum atomic E-state index is 10.4. The van der Waals surface area contributed by atoms with Crippen molar-refractivity contribution in [1.29, 1.82) is 0 Å². The molecule has 0 aliphatic heterocycles. The first-order chi connectivity index (χ1) is 5.74. The maximum absolute atomic E-state index is 10.4. The highest BCUT2D eigenvalue weighted by atomic mass is 16.5. The van der Waals surface area contributed by atoms with Crippen molar-refractivity contribution in [2.45, 2.75) is 38.2 Å². The molecule has 1 atom stereocenters. The average molecular weight is 172 g/mol. The summed E-state index contributed by atoms with van der Waals surface area (Å²) in [7, 11) is 1.60. The summed E-state index contributed by atoms with van der Waals surface area (Å²) < 4.78 is 5.16. The second kappa shape index (κ2) is 4.45. The summed E-state index contributed by atoms with van der Waals surface area (Å²) in [6.45, 7) is 0. The summed E-state index contributed by atoms with van der Waals surface area (Å²) in [6, 6.07) is 0. The minimum atomic E-state index is -0.756. The molecule has 1 fully saturated rings. The monoisotopic (exact) mass is 172 g/mol. The fourth-order valence-electron chi connectivity index (χ4n) is 1.94. The van der Waals surface area contributed by atoms with Crippen molar-refractivity contribution in [3.63, 3.8) is 0 Å². The van der Waals surface area contributed by atoms with Gasteiger partial charge in [-0.25, -0.2) is 0 Å². The van der Waals surface area contributed by atoms with E-state index in [9.17, 15) is 4.79 Å². The number of rotatable bonds is 4. The largest absolute Gasteiger partial charge is 0.481 e. The predicted octanol–water partition coefficient (Wildman–Crippen LogP) is 1.67. The minimum absolute atomic E-state index is 0.0648. The summed E-state index contributed by atoms with van der Waals surface area (Å²) >= 11 is 0. The highest BCUT2D eigenvalue weighted by Crippen LogP contribution is 2.30. The van der Waals surface area contributed by atoms with Crippen LogP contribution in [0.2, 0.25) is 0 Å². The van der Waals surface area contributed by atoms with Crippen molar-refractivity contribution in [2.24, 2.45) is 5.92 Å². The van der Waals surface area contributed by atoms with E-state index < -0.39 is 5.97 Å². The Kier molecular flexibility index (Phi) is 3.53. The average Bonchev–Trinajstić information content (AvgIpc) is 2.51. The smallest absolute Gasteiger partial charge is 0.305 e. The van der Waals surface area contributed by atoms with Gasteiger partial charge in [0.15, 0.2) is 0 Å². The third-order valence-electron chi connectivity index (χ3n) is 2.60. The molecule has 1 unspecified atom stereocenters. The Balaban J connectivity index is 2.37. The van der Waals surface area contributed by atoms with Crippen LogP contribution in [-0.4, -0.2) is 24.3 Å². The summed E-state index contributed by atoms with van der Waals surface area (Å²) in [5.41, 5.74) is 0. The number of ether oxygens (including phenoxy) is 1. The molecule has 1 N–H and O–H groups in total. The molecule has 0 radical (unpaired) electrons. The van der Waals surface area contributed by atoms with E-state index in [-0.39, 0.29) is 12.5 Å². The Hall–Kier alpha value is -0.570. The number of carboxylic acid groups (broad SMARTS) is 1. The standard InChI is InChI=1S/C9H16O3/c1-12-8(6-9(10)11)7-4-2-3-5-7/h7-8H,2-6H2,1H3,(H,10,11). The van der Waals surface area contributed by atoms with E-state index in [4.69, 9.17) is 9.84 Å². The van der Waals surface area contributed by atoms with Crippen LogP contribution in [0.5, 0.6) is 0 Å². The van der Waals surface area contributed by atoms with Crippen LogP contribution in [0.1, 0.15) is 32.1 Å². The van der Waals surface area contributed by atoms with Crippen LogP contribution in [0.3, 0.4) is 0 Å². The normalized spacial score (nSPS) is 21.1. The zero-order valence-electron chi connectivity index (χ0n) is 7.45. The predicted molar refractivity (Wildman–Crippen MR) is 45.0 cm³/mol. The Morgan fingerprint density at radius 3 is 2.58 bits per heavy atom. The van der Waals surface area contributed by atoms with Gasteiger partial charge in [-0.2, -0.15) is 0 Å². The van der Waals surface area contributed by atoms with Gasteiger partial charge in [0.25, 0.3) is 0 Å². The zero-order valence-corrected chi connectivity index (χ0v) is 7.45. The van der Waals surface area contributed by atoms with E-state index in [0.717, 1.165) is 12.8 Å². The second-order valence-electron chi connectivity index (χ2n) is 3.42. The highest BCUT2D eigenvalue weighted by molar-refractivity contribution is 5.67. The molecule has 0 heterocycles. The fraction of sp³-hybridized carbons (Fsp3) is 0.889. The van der Waals surface area contributed by atoms with Crippen molar-refractivity contribution < 1.29 is 14.6 Å². The van der Waals surface area contributed by atoms with Gasteiger partial charge in [0.1, 0.15) is 0 Å².